The van der Waals surface area contributed by atoms with Crippen molar-refractivity contribution in [3.8, 4) is 33.9 Å². The summed E-state index contributed by atoms with van der Waals surface area (Å²) in [6, 6.07) is 35.2. The van der Waals surface area contributed by atoms with Crippen molar-refractivity contribution in [2.75, 3.05) is 0 Å². The molecule has 1 unspecified atom stereocenters. The second kappa shape index (κ2) is 12.3. The molecule has 0 spiro atoms. The van der Waals surface area contributed by atoms with Crippen LogP contribution < -0.4 is 0 Å². The number of rotatable bonds is 7. The molecule has 0 aliphatic heterocycles. The van der Waals surface area contributed by atoms with Gasteiger partial charge in [-0.05, 0) is 54.0 Å². The molecule has 7 rings (SSSR count). The van der Waals surface area contributed by atoms with Crippen LogP contribution in [-0.4, -0.2) is 19.9 Å². The van der Waals surface area contributed by atoms with E-state index in [0.29, 0.717) is 17.5 Å². The van der Waals surface area contributed by atoms with E-state index in [1.54, 1.807) is 0 Å². The highest BCUT2D eigenvalue weighted by Gasteiger charge is 2.15. The average Bonchev–Trinajstić information content (AvgIpc) is 3.10. The van der Waals surface area contributed by atoms with E-state index in [2.05, 4.69) is 133 Å². The van der Waals surface area contributed by atoms with Crippen LogP contribution in [0.2, 0.25) is 0 Å². The Labute approximate surface area is 257 Å². The fraction of sp³-hybridized carbons (Fsp3) is 0.100. The van der Waals surface area contributed by atoms with Gasteiger partial charge in [0.2, 0.25) is 0 Å². The average molecular weight is 567 g/mol. The molecule has 1 atom stereocenters. The molecule has 2 heterocycles. The van der Waals surface area contributed by atoms with E-state index in [1.807, 2.05) is 24.4 Å². The number of hydrogen-bond acceptors (Lipinski definition) is 4. The Hall–Kier alpha value is -5.66. The summed E-state index contributed by atoms with van der Waals surface area (Å²) in [4.78, 5) is 19.7. The molecule has 0 N–H and O–H groups in total. The summed E-state index contributed by atoms with van der Waals surface area (Å²) in [5.74, 6) is 2.19. The fourth-order valence-corrected chi connectivity index (χ4v) is 5.50. The Morgan fingerprint density at radius 2 is 1.66 bits per heavy atom. The van der Waals surface area contributed by atoms with Crippen molar-refractivity contribution in [3.05, 3.63) is 152 Å². The Morgan fingerprint density at radius 3 is 2.50 bits per heavy atom. The third kappa shape index (κ3) is 5.69. The molecule has 0 saturated carbocycles. The molecule has 210 valence electrons. The zero-order valence-corrected chi connectivity index (χ0v) is 24.5. The summed E-state index contributed by atoms with van der Waals surface area (Å²) in [7, 11) is 0. The summed E-state index contributed by atoms with van der Waals surface area (Å²) in [5.41, 5.74) is 6.00. The second-order valence-electron chi connectivity index (χ2n) is 10.8. The first kappa shape index (κ1) is 27.2. The maximum atomic E-state index is 5.05. The van der Waals surface area contributed by atoms with Gasteiger partial charge in [-0.1, -0.05) is 122 Å². The Kier molecular flexibility index (Phi) is 7.60. The maximum Gasteiger partial charge on any atom is 0.164 e. The first-order valence-electron chi connectivity index (χ1n) is 15.0. The fourth-order valence-electron chi connectivity index (χ4n) is 5.50. The Morgan fingerprint density at radius 1 is 0.841 bits per heavy atom. The van der Waals surface area contributed by atoms with Crippen molar-refractivity contribution in [3.63, 3.8) is 0 Å². The van der Waals surface area contributed by atoms with Crippen LogP contribution in [0.5, 0.6) is 0 Å². The summed E-state index contributed by atoms with van der Waals surface area (Å²) in [6.45, 7) is 2.14. The topological polar surface area (TPSA) is 51.6 Å². The number of nitrogens with zero attached hydrogens (tertiary/aromatic N) is 4. The molecular formula is C40H30N4. The normalized spacial score (nSPS) is 14.8. The quantitative estimate of drug-likeness (QED) is 0.181. The largest absolute Gasteiger partial charge is 0.256 e. The van der Waals surface area contributed by atoms with Gasteiger partial charge in [0, 0.05) is 39.2 Å². The molecule has 1 aliphatic carbocycles. The number of fused-ring (bicyclic) bond motifs is 2. The van der Waals surface area contributed by atoms with Crippen molar-refractivity contribution in [2.45, 2.75) is 19.8 Å². The molecule has 0 saturated heterocycles. The molecule has 0 radical (unpaired) electrons. The first-order valence-corrected chi connectivity index (χ1v) is 15.0. The number of allylic oxidation sites excluding steroid dienone is 8. The van der Waals surface area contributed by atoms with E-state index in [4.69, 9.17) is 15.0 Å². The van der Waals surface area contributed by atoms with Crippen molar-refractivity contribution < 1.29 is 0 Å². The molecule has 2 aromatic heterocycles. The molecule has 4 aromatic carbocycles. The second-order valence-corrected chi connectivity index (χ2v) is 10.8. The molecule has 0 amide bonds. The maximum absolute atomic E-state index is 5.05. The lowest BCUT2D eigenvalue weighted by atomic mass is 9.97. The van der Waals surface area contributed by atoms with Gasteiger partial charge >= 0.3 is 0 Å². The lowest BCUT2D eigenvalue weighted by molar-refractivity contribution is 0.822. The highest BCUT2D eigenvalue weighted by molar-refractivity contribution is 5.93. The van der Waals surface area contributed by atoms with Gasteiger partial charge in [0.05, 0.1) is 5.52 Å². The minimum Gasteiger partial charge on any atom is -0.256 e. The summed E-state index contributed by atoms with van der Waals surface area (Å²) in [5, 5.41) is 3.19. The van der Waals surface area contributed by atoms with Gasteiger partial charge in [-0.2, -0.15) is 0 Å². The lowest BCUT2D eigenvalue weighted by Gasteiger charge is -2.13. The van der Waals surface area contributed by atoms with Crippen molar-refractivity contribution in [1.29, 1.82) is 0 Å². The molecule has 6 aromatic rings. The van der Waals surface area contributed by atoms with Crippen LogP contribution in [-0.2, 0) is 0 Å². The predicted molar refractivity (Wildman–Crippen MR) is 180 cm³/mol. The van der Waals surface area contributed by atoms with E-state index >= 15 is 0 Å². The number of aromatic nitrogens is 4. The summed E-state index contributed by atoms with van der Waals surface area (Å²) in [6.07, 6.45) is 18.9. The third-order valence-electron chi connectivity index (χ3n) is 7.79. The SMILES string of the molecule is CC/C=C\C(=C/C1C=CC=CC1)c1nc(-c2ccc(-c3cccc4cccnc34)cc2)nc(-c2ccc3ccc#cc3c2)n1. The number of para-hydroxylation sites is 1. The molecule has 0 fully saturated rings. The van der Waals surface area contributed by atoms with Crippen molar-refractivity contribution in [2.24, 2.45) is 5.92 Å². The standard InChI is InChI=1S/C40H30N4/c1-2-3-13-34(26-28-11-5-4-6-12-28)39-42-38(43-40(44-39)35-24-19-29-14-7-8-15-33(29)27-35)32-22-20-30(21-23-32)36-18-9-16-31-17-10-25-41-37(31)36/h3-7,9-11,13-14,16-28H,2,12H2,1H3/b13-3-,34-26+. The third-order valence-corrected chi connectivity index (χ3v) is 7.79. The number of benzene rings is 3. The number of pyridine rings is 1. The van der Waals surface area contributed by atoms with E-state index in [0.717, 1.165) is 62.3 Å². The lowest BCUT2D eigenvalue weighted by Crippen LogP contribution is -2.04. The molecule has 0 bridgehead atoms. The van der Waals surface area contributed by atoms with Crippen molar-refractivity contribution >= 4 is 27.2 Å². The van der Waals surface area contributed by atoms with Gasteiger partial charge in [0.25, 0.3) is 0 Å². The van der Waals surface area contributed by atoms with Gasteiger partial charge in [0.1, 0.15) is 0 Å². The highest BCUT2D eigenvalue weighted by Crippen LogP contribution is 2.31. The molecule has 44 heavy (non-hydrogen) atoms. The smallest absolute Gasteiger partial charge is 0.164 e. The highest BCUT2D eigenvalue weighted by atomic mass is 15.0. The van der Waals surface area contributed by atoms with Crippen LogP contribution in [0.25, 0.3) is 61.2 Å². The van der Waals surface area contributed by atoms with Gasteiger partial charge in [0.15, 0.2) is 17.5 Å². The Bertz CT molecular complexity index is 2080. The van der Waals surface area contributed by atoms with Crippen LogP contribution in [0.15, 0.2) is 134 Å². The minimum absolute atomic E-state index is 0.277. The summed E-state index contributed by atoms with van der Waals surface area (Å²) < 4.78 is 0. The van der Waals surface area contributed by atoms with E-state index in [1.165, 1.54) is 0 Å². The monoisotopic (exact) mass is 566 g/mol. The van der Waals surface area contributed by atoms with Crippen molar-refractivity contribution in [1.82, 2.24) is 19.9 Å². The first-order chi connectivity index (χ1) is 21.7. The van der Waals surface area contributed by atoms with Gasteiger partial charge in [-0.15, -0.1) is 0 Å². The van der Waals surface area contributed by atoms with Gasteiger partial charge in [-0.25, -0.2) is 15.0 Å². The zero-order chi connectivity index (χ0) is 29.7. The van der Waals surface area contributed by atoms with E-state index in [-0.39, 0.29) is 5.92 Å². The Balaban J connectivity index is 1.35. The molecule has 4 nitrogen and oxygen atoms in total. The molecular weight excluding hydrogens is 536 g/mol. The van der Waals surface area contributed by atoms with Crippen LogP contribution in [0.3, 0.4) is 0 Å². The zero-order valence-electron chi connectivity index (χ0n) is 24.5. The van der Waals surface area contributed by atoms with Crippen LogP contribution in [0.4, 0.5) is 0 Å². The van der Waals surface area contributed by atoms with E-state index in [9.17, 15) is 0 Å². The van der Waals surface area contributed by atoms with Crippen LogP contribution in [0.1, 0.15) is 25.6 Å². The van der Waals surface area contributed by atoms with Crippen LogP contribution >= 0.6 is 0 Å². The molecule has 4 heteroatoms. The van der Waals surface area contributed by atoms with E-state index < -0.39 is 0 Å². The summed E-state index contributed by atoms with van der Waals surface area (Å²) >= 11 is 0. The minimum atomic E-state index is 0.277. The van der Waals surface area contributed by atoms with Gasteiger partial charge < -0.3 is 0 Å². The predicted octanol–water partition coefficient (Wildman–Crippen LogP) is 9.66. The van der Waals surface area contributed by atoms with Crippen LogP contribution in [0, 0.1) is 18.1 Å². The number of hydrogen-bond donors (Lipinski definition) is 0. The van der Waals surface area contributed by atoms with Gasteiger partial charge in [-0.3, -0.25) is 4.98 Å². The molecule has 1 aliphatic rings.